The van der Waals surface area contributed by atoms with Gasteiger partial charge in [0, 0.05) is 11.1 Å². The first-order chi connectivity index (χ1) is 9.63. The third-order valence-corrected chi connectivity index (χ3v) is 2.95. The van der Waals surface area contributed by atoms with Crippen LogP contribution in [0.1, 0.15) is 21.5 Å². The van der Waals surface area contributed by atoms with Crippen LogP contribution in [0.15, 0.2) is 36.4 Å². The van der Waals surface area contributed by atoms with Crippen LogP contribution >= 0.6 is 11.6 Å². The lowest BCUT2D eigenvalue weighted by atomic mass is 10.1. The highest BCUT2D eigenvalue weighted by Crippen LogP contribution is 2.26. The molecule has 0 aliphatic heterocycles. The first-order valence-corrected chi connectivity index (χ1v) is 6.08. The minimum absolute atomic E-state index is 0.0541. The van der Waals surface area contributed by atoms with Crippen LogP contribution in [-0.2, 0) is 6.61 Å². The molecule has 100 valence electrons. The number of nitrogens with zero attached hydrogens (tertiary/aromatic N) is 1. The van der Waals surface area contributed by atoms with Crippen molar-refractivity contribution in [2.24, 2.45) is 0 Å². The Morgan fingerprint density at radius 1 is 1.30 bits per heavy atom. The van der Waals surface area contributed by atoms with Crippen LogP contribution < -0.4 is 4.74 Å². The van der Waals surface area contributed by atoms with Crippen molar-refractivity contribution in [1.82, 2.24) is 0 Å². The molecule has 0 spiro atoms. The predicted molar refractivity (Wildman–Crippen MR) is 72.3 cm³/mol. The lowest BCUT2D eigenvalue weighted by molar-refractivity contribution is 0.112. The summed E-state index contributed by atoms with van der Waals surface area (Å²) in [4.78, 5) is 10.6. The van der Waals surface area contributed by atoms with Crippen molar-refractivity contribution in [2.45, 2.75) is 6.61 Å². The molecule has 0 amide bonds. The number of ether oxygens (including phenoxy) is 1. The Morgan fingerprint density at radius 2 is 2.10 bits per heavy atom. The van der Waals surface area contributed by atoms with E-state index in [9.17, 15) is 9.18 Å². The summed E-state index contributed by atoms with van der Waals surface area (Å²) < 4.78 is 19.0. The summed E-state index contributed by atoms with van der Waals surface area (Å²) in [5.74, 6) is -0.108. The molecule has 0 aliphatic rings. The van der Waals surface area contributed by atoms with E-state index in [0.29, 0.717) is 23.2 Å². The molecular weight excluding hydrogens is 281 g/mol. The zero-order valence-electron chi connectivity index (χ0n) is 10.3. The summed E-state index contributed by atoms with van der Waals surface area (Å²) in [6.45, 7) is -0.0541. The maximum Gasteiger partial charge on any atom is 0.150 e. The summed E-state index contributed by atoms with van der Waals surface area (Å²) in [6, 6.07) is 10.5. The van der Waals surface area contributed by atoms with Crippen LogP contribution in [0.2, 0.25) is 5.02 Å². The third-order valence-electron chi connectivity index (χ3n) is 2.65. The van der Waals surface area contributed by atoms with Gasteiger partial charge in [-0.15, -0.1) is 0 Å². The smallest absolute Gasteiger partial charge is 0.150 e. The molecule has 0 heterocycles. The van der Waals surface area contributed by atoms with Gasteiger partial charge in [0.25, 0.3) is 0 Å². The molecule has 0 fully saturated rings. The highest BCUT2D eigenvalue weighted by atomic mass is 35.5. The molecule has 20 heavy (non-hydrogen) atoms. The summed E-state index contributed by atoms with van der Waals surface area (Å²) in [7, 11) is 0. The van der Waals surface area contributed by atoms with E-state index in [4.69, 9.17) is 21.6 Å². The molecule has 2 rings (SSSR count). The first kappa shape index (κ1) is 14.0. The highest BCUT2D eigenvalue weighted by molar-refractivity contribution is 6.32. The molecule has 0 saturated carbocycles. The molecule has 0 aliphatic carbocycles. The van der Waals surface area contributed by atoms with Gasteiger partial charge in [0.1, 0.15) is 24.5 Å². The molecule has 0 atom stereocenters. The summed E-state index contributed by atoms with van der Waals surface area (Å²) in [6.07, 6.45) is 0.672. The Balaban J connectivity index is 2.17. The van der Waals surface area contributed by atoms with Crippen molar-refractivity contribution in [2.75, 3.05) is 0 Å². The molecule has 3 nitrogen and oxygen atoms in total. The van der Waals surface area contributed by atoms with E-state index in [1.54, 1.807) is 6.07 Å². The SMILES string of the molecule is N#Cc1ccc(F)c(COc2ccc(C=O)cc2Cl)c1. The second-order valence-corrected chi connectivity index (χ2v) is 4.42. The highest BCUT2D eigenvalue weighted by Gasteiger charge is 2.07. The molecule has 0 saturated heterocycles. The Bertz CT molecular complexity index is 695. The van der Waals surface area contributed by atoms with Gasteiger partial charge in [0.05, 0.1) is 16.7 Å². The van der Waals surface area contributed by atoms with Crippen LogP contribution in [0.3, 0.4) is 0 Å². The third kappa shape index (κ3) is 3.14. The molecule has 5 heteroatoms. The fraction of sp³-hybridized carbons (Fsp3) is 0.0667. The topological polar surface area (TPSA) is 50.1 Å². The zero-order chi connectivity index (χ0) is 14.5. The maximum absolute atomic E-state index is 13.6. The summed E-state index contributed by atoms with van der Waals surface area (Å²) in [5.41, 5.74) is 1.05. The van der Waals surface area contributed by atoms with Gasteiger partial charge in [-0.2, -0.15) is 5.26 Å². The van der Waals surface area contributed by atoms with Crippen LogP contribution in [0.4, 0.5) is 4.39 Å². The largest absolute Gasteiger partial charge is 0.487 e. The number of nitriles is 1. The molecule has 0 bridgehead atoms. The summed E-state index contributed by atoms with van der Waals surface area (Å²) >= 11 is 5.94. The van der Waals surface area contributed by atoms with Gasteiger partial charge in [-0.25, -0.2) is 4.39 Å². The van der Waals surface area contributed by atoms with Gasteiger partial charge >= 0.3 is 0 Å². The molecule has 2 aromatic carbocycles. The first-order valence-electron chi connectivity index (χ1n) is 5.70. The van der Waals surface area contributed by atoms with Crippen LogP contribution in [0.25, 0.3) is 0 Å². The molecular formula is C15H9ClFNO2. The lowest BCUT2D eigenvalue weighted by Gasteiger charge is -2.09. The molecule has 0 unspecified atom stereocenters. The predicted octanol–water partition coefficient (Wildman–Crippen LogP) is 3.74. The monoisotopic (exact) mass is 289 g/mol. The Hall–Kier alpha value is -2.38. The number of carbonyl (C=O) groups excluding carboxylic acids is 1. The minimum Gasteiger partial charge on any atom is -0.487 e. The van der Waals surface area contributed by atoms with Gasteiger partial charge in [-0.1, -0.05) is 11.6 Å². The summed E-state index contributed by atoms with van der Waals surface area (Å²) in [5, 5.41) is 9.04. The number of hydrogen-bond donors (Lipinski definition) is 0. The number of rotatable bonds is 4. The van der Waals surface area contributed by atoms with Crippen molar-refractivity contribution in [3.05, 3.63) is 63.9 Å². The fourth-order valence-electron chi connectivity index (χ4n) is 1.62. The van der Waals surface area contributed by atoms with E-state index in [2.05, 4.69) is 0 Å². The van der Waals surface area contributed by atoms with E-state index >= 15 is 0 Å². The normalized spacial score (nSPS) is 9.85. The van der Waals surface area contributed by atoms with Gasteiger partial charge in [-0.3, -0.25) is 4.79 Å². The molecule has 2 aromatic rings. The van der Waals surface area contributed by atoms with Crippen molar-refractivity contribution >= 4 is 17.9 Å². The fourth-order valence-corrected chi connectivity index (χ4v) is 1.86. The number of halogens is 2. The van der Waals surface area contributed by atoms with E-state index < -0.39 is 5.82 Å². The maximum atomic E-state index is 13.6. The quantitative estimate of drug-likeness (QED) is 0.806. The number of carbonyl (C=O) groups is 1. The van der Waals surface area contributed by atoms with E-state index in [1.807, 2.05) is 6.07 Å². The van der Waals surface area contributed by atoms with Crippen LogP contribution in [0.5, 0.6) is 5.75 Å². The van der Waals surface area contributed by atoms with Crippen molar-refractivity contribution < 1.29 is 13.9 Å². The molecule has 0 N–H and O–H groups in total. The van der Waals surface area contributed by atoms with Crippen molar-refractivity contribution in [3.8, 4) is 11.8 Å². The van der Waals surface area contributed by atoms with Crippen LogP contribution in [0, 0.1) is 17.1 Å². The van der Waals surface area contributed by atoms with Gasteiger partial charge in [0.2, 0.25) is 0 Å². The lowest BCUT2D eigenvalue weighted by Crippen LogP contribution is -2.00. The average molecular weight is 290 g/mol. The molecule has 0 aromatic heterocycles. The Labute approximate surface area is 120 Å². The average Bonchev–Trinajstić information content (AvgIpc) is 2.47. The second kappa shape index (κ2) is 6.18. The zero-order valence-corrected chi connectivity index (χ0v) is 11.0. The van der Waals surface area contributed by atoms with Gasteiger partial charge in [-0.05, 0) is 36.4 Å². The second-order valence-electron chi connectivity index (χ2n) is 4.01. The number of aldehydes is 1. The minimum atomic E-state index is -0.454. The van der Waals surface area contributed by atoms with Gasteiger partial charge in [0.15, 0.2) is 0 Å². The standard InChI is InChI=1S/C15H9ClFNO2/c16-13-6-11(8-19)2-4-15(13)20-9-12-5-10(7-18)1-3-14(12)17/h1-6,8H,9H2. The Morgan fingerprint density at radius 3 is 2.75 bits per heavy atom. The van der Waals surface area contributed by atoms with E-state index in [-0.39, 0.29) is 17.2 Å². The van der Waals surface area contributed by atoms with Gasteiger partial charge < -0.3 is 4.74 Å². The molecule has 0 radical (unpaired) electrons. The Kier molecular flexibility index (Phi) is 4.34. The van der Waals surface area contributed by atoms with E-state index in [0.717, 1.165) is 0 Å². The number of hydrogen-bond acceptors (Lipinski definition) is 3. The van der Waals surface area contributed by atoms with E-state index in [1.165, 1.54) is 30.3 Å². The van der Waals surface area contributed by atoms with Crippen molar-refractivity contribution in [3.63, 3.8) is 0 Å². The number of benzene rings is 2. The van der Waals surface area contributed by atoms with Crippen molar-refractivity contribution in [1.29, 1.82) is 5.26 Å². The van der Waals surface area contributed by atoms with Crippen LogP contribution in [-0.4, -0.2) is 6.29 Å².